The van der Waals surface area contributed by atoms with E-state index >= 15 is 0 Å². The molecule has 0 bridgehead atoms. The van der Waals surface area contributed by atoms with E-state index in [2.05, 4.69) is 4.74 Å². The highest BCUT2D eigenvalue weighted by atomic mass is 35.5. The lowest BCUT2D eigenvalue weighted by atomic mass is 10.1. The van der Waals surface area contributed by atoms with Gasteiger partial charge in [-0.2, -0.15) is 13.2 Å². The highest BCUT2D eigenvalue weighted by Crippen LogP contribution is 2.31. The van der Waals surface area contributed by atoms with Crippen LogP contribution >= 0.6 is 23.2 Å². The molecule has 21 heavy (non-hydrogen) atoms. The van der Waals surface area contributed by atoms with E-state index in [-0.39, 0.29) is 28.6 Å². The predicted molar refractivity (Wildman–Crippen MR) is 73.5 cm³/mol. The Morgan fingerprint density at radius 1 is 1.24 bits per heavy atom. The standard InChI is InChI=1S/C13H13Cl2F3O3/c1-2-21-12-6-9(14)8(5-10(12)15)11(19)3-4-20-7-13(16,17)18/h5-6H,2-4,7H2,1H3. The molecule has 0 atom stereocenters. The molecule has 0 unspecified atom stereocenters. The van der Waals surface area contributed by atoms with Gasteiger partial charge in [-0.05, 0) is 13.0 Å². The lowest BCUT2D eigenvalue weighted by Gasteiger charge is -2.10. The summed E-state index contributed by atoms with van der Waals surface area (Å²) >= 11 is 11.9. The van der Waals surface area contributed by atoms with Gasteiger partial charge in [-0.15, -0.1) is 0 Å². The van der Waals surface area contributed by atoms with Crippen molar-refractivity contribution in [2.45, 2.75) is 19.5 Å². The lowest BCUT2D eigenvalue weighted by Crippen LogP contribution is -2.18. The van der Waals surface area contributed by atoms with Crippen molar-refractivity contribution in [2.24, 2.45) is 0 Å². The molecule has 0 fully saturated rings. The number of Topliss-reactive ketones (excluding diaryl/α,β-unsaturated/α-hetero) is 1. The molecule has 3 nitrogen and oxygen atoms in total. The summed E-state index contributed by atoms with van der Waals surface area (Å²) in [5, 5.41) is 0.337. The first-order valence-corrected chi connectivity index (χ1v) is 6.79. The molecule has 0 aliphatic carbocycles. The van der Waals surface area contributed by atoms with Gasteiger partial charge in [0.1, 0.15) is 12.4 Å². The third kappa shape index (κ3) is 6.11. The van der Waals surface area contributed by atoms with E-state index in [9.17, 15) is 18.0 Å². The average molecular weight is 345 g/mol. The summed E-state index contributed by atoms with van der Waals surface area (Å²) in [5.41, 5.74) is 0.126. The number of hydrogen-bond acceptors (Lipinski definition) is 3. The third-order valence-electron chi connectivity index (χ3n) is 2.36. The van der Waals surface area contributed by atoms with Crippen LogP contribution in [0.25, 0.3) is 0 Å². The molecular formula is C13H13Cl2F3O3. The van der Waals surface area contributed by atoms with Crippen LogP contribution in [0.4, 0.5) is 13.2 Å². The zero-order valence-corrected chi connectivity index (χ0v) is 12.6. The van der Waals surface area contributed by atoms with Gasteiger partial charge in [0.25, 0.3) is 0 Å². The zero-order chi connectivity index (χ0) is 16.0. The van der Waals surface area contributed by atoms with Crippen LogP contribution in [0.15, 0.2) is 12.1 Å². The number of carbonyl (C=O) groups excluding carboxylic acids is 1. The van der Waals surface area contributed by atoms with Crippen LogP contribution in [-0.2, 0) is 4.74 Å². The number of ketones is 1. The summed E-state index contributed by atoms with van der Waals surface area (Å²) in [6.45, 7) is 0.410. The third-order valence-corrected chi connectivity index (χ3v) is 2.97. The average Bonchev–Trinajstić information content (AvgIpc) is 2.37. The van der Waals surface area contributed by atoms with Crippen LogP contribution in [0.3, 0.4) is 0 Å². The smallest absolute Gasteiger partial charge is 0.411 e. The Bertz CT molecular complexity index is 504. The van der Waals surface area contributed by atoms with E-state index in [1.807, 2.05) is 0 Å². The summed E-state index contributed by atoms with van der Waals surface area (Å²) in [6.07, 6.45) is -4.64. The van der Waals surface area contributed by atoms with Crippen LogP contribution < -0.4 is 4.74 Å². The summed E-state index contributed by atoms with van der Waals surface area (Å²) < 4.78 is 45.2. The monoisotopic (exact) mass is 344 g/mol. The van der Waals surface area contributed by atoms with Gasteiger partial charge in [0, 0.05) is 18.1 Å². The summed E-state index contributed by atoms with van der Waals surface area (Å²) in [7, 11) is 0. The van der Waals surface area contributed by atoms with Crippen molar-refractivity contribution in [1.82, 2.24) is 0 Å². The van der Waals surface area contributed by atoms with Crippen LogP contribution in [0.1, 0.15) is 23.7 Å². The highest BCUT2D eigenvalue weighted by Gasteiger charge is 2.27. The Balaban J connectivity index is 2.64. The van der Waals surface area contributed by atoms with E-state index < -0.39 is 18.6 Å². The van der Waals surface area contributed by atoms with E-state index in [1.54, 1.807) is 6.92 Å². The summed E-state index contributed by atoms with van der Waals surface area (Å²) in [6, 6.07) is 2.73. The normalized spacial score (nSPS) is 11.5. The van der Waals surface area contributed by atoms with Crippen molar-refractivity contribution in [3.8, 4) is 5.75 Å². The minimum atomic E-state index is -4.41. The fraction of sp³-hybridized carbons (Fsp3) is 0.462. The van der Waals surface area contributed by atoms with Gasteiger partial charge in [0.2, 0.25) is 0 Å². The first-order chi connectivity index (χ1) is 9.74. The van der Waals surface area contributed by atoms with Crippen molar-refractivity contribution >= 4 is 29.0 Å². The number of benzene rings is 1. The van der Waals surface area contributed by atoms with Gasteiger partial charge >= 0.3 is 6.18 Å². The molecule has 1 aromatic rings. The van der Waals surface area contributed by atoms with Crippen LogP contribution in [0, 0.1) is 0 Å². The van der Waals surface area contributed by atoms with E-state index in [4.69, 9.17) is 27.9 Å². The number of hydrogen-bond donors (Lipinski definition) is 0. The summed E-state index contributed by atoms with van der Waals surface area (Å²) in [4.78, 5) is 11.9. The van der Waals surface area contributed by atoms with E-state index in [0.29, 0.717) is 12.4 Å². The quantitative estimate of drug-likeness (QED) is 0.538. The molecular weight excluding hydrogens is 332 g/mol. The first-order valence-electron chi connectivity index (χ1n) is 6.04. The van der Waals surface area contributed by atoms with Gasteiger partial charge in [-0.3, -0.25) is 4.79 Å². The molecule has 0 amide bonds. The Kier molecular flexibility index (Phi) is 6.77. The highest BCUT2D eigenvalue weighted by molar-refractivity contribution is 6.36. The number of carbonyl (C=O) groups is 1. The Morgan fingerprint density at radius 2 is 1.90 bits per heavy atom. The molecule has 1 aromatic carbocycles. The van der Waals surface area contributed by atoms with Gasteiger partial charge < -0.3 is 9.47 Å². The maximum absolute atomic E-state index is 11.9. The van der Waals surface area contributed by atoms with Crippen molar-refractivity contribution in [3.63, 3.8) is 0 Å². The minimum Gasteiger partial charge on any atom is -0.492 e. The topological polar surface area (TPSA) is 35.5 Å². The number of ether oxygens (including phenoxy) is 2. The first kappa shape index (κ1) is 18.1. The van der Waals surface area contributed by atoms with Crippen molar-refractivity contribution in [2.75, 3.05) is 19.8 Å². The molecule has 1 rings (SSSR count). The number of halogens is 5. The van der Waals surface area contributed by atoms with Crippen molar-refractivity contribution in [1.29, 1.82) is 0 Å². The Hall–Kier alpha value is -0.980. The molecule has 0 aromatic heterocycles. The fourth-order valence-corrected chi connectivity index (χ4v) is 1.97. The van der Waals surface area contributed by atoms with Crippen LogP contribution in [0.5, 0.6) is 5.75 Å². The van der Waals surface area contributed by atoms with E-state index in [1.165, 1.54) is 12.1 Å². The van der Waals surface area contributed by atoms with Crippen LogP contribution in [0.2, 0.25) is 10.0 Å². The molecule has 0 aliphatic rings. The second-order valence-corrected chi connectivity index (χ2v) is 4.85. The second kappa shape index (κ2) is 7.87. The number of rotatable bonds is 7. The SMILES string of the molecule is CCOc1cc(Cl)c(C(=O)CCOCC(F)(F)F)cc1Cl. The molecule has 0 heterocycles. The zero-order valence-electron chi connectivity index (χ0n) is 11.1. The largest absolute Gasteiger partial charge is 0.492 e. The van der Waals surface area contributed by atoms with Crippen LogP contribution in [-0.4, -0.2) is 31.8 Å². The second-order valence-electron chi connectivity index (χ2n) is 4.04. The van der Waals surface area contributed by atoms with Gasteiger partial charge in [-0.25, -0.2) is 0 Å². The minimum absolute atomic E-state index is 0.126. The maximum Gasteiger partial charge on any atom is 0.411 e. The van der Waals surface area contributed by atoms with Crippen molar-refractivity contribution in [3.05, 3.63) is 27.7 Å². The molecule has 0 saturated heterocycles. The summed E-state index contributed by atoms with van der Waals surface area (Å²) in [5.74, 6) is -0.110. The van der Waals surface area contributed by atoms with Gasteiger partial charge in [-0.1, -0.05) is 23.2 Å². The molecule has 0 radical (unpaired) electrons. The maximum atomic E-state index is 11.9. The Labute approximate surface area is 129 Å². The molecule has 0 aliphatic heterocycles. The fourth-order valence-electron chi connectivity index (χ4n) is 1.50. The molecule has 0 N–H and O–H groups in total. The molecule has 0 spiro atoms. The molecule has 0 saturated carbocycles. The number of alkyl halides is 3. The van der Waals surface area contributed by atoms with Gasteiger partial charge in [0.15, 0.2) is 5.78 Å². The molecule has 118 valence electrons. The Morgan fingerprint density at radius 3 is 2.48 bits per heavy atom. The predicted octanol–water partition coefficient (Wildman–Crippen LogP) is 4.54. The van der Waals surface area contributed by atoms with Gasteiger partial charge in [0.05, 0.1) is 23.3 Å². The van der Waals surface area contributed by atoms with Crippen molar-refractivity contribution < 1.29 is 27.4 Å². The van der Waals surface area contributed by atoms with E-state index in [0.717, 1.165) is 0 Å². The molecule has 8 heteroatoms. The lowest BCUT2D eigenvalue weighted by molar-refractivity contribution is -0.173.